The second kappa shape index (κ2) is 10.5. The predicted molar refractivity (Wildman–Crippen MR) is 114 cm³/mol. The third kappa shape index (κ3) is 6.64. The molecule has 0 amide bonds. The summed E-state index contributed by atoms with van der Waals surface area (Å²) in [6.45, 7) is 7.89. The molecule has 4 nitrogen and oxygen atoms in total. The van der Waals surface area contributed by atoms with Gasteiger partial charge in [-0.2, -0.15) is 0 Å². The molecule has 0 fully saturated rings. The second-order valence-corrected chi connectivity index (χ2v) is 9.47. The van der Waals surface area contributed by atoms with Crippen LogP contribution in [0.25, 0.3) is 0 Å². The molecule has 2 atom stereocenters. The van der Waals surface area contributed by atoms with E-state index in [1.165, 1.54) is 16.7 Å². The number of likely N-dealkylation sites (N-methyl/N-ethyl adjacent to an activating group) is 1. The molecule has 1 aliphatic rings. The second-order valence-electron chi connectivity index (χ2n) is 9.47. The van der Waals surface area contributed by atoms with E-state index in [9.17, 15) is 9.90 Å². The molecule has 2 aromatic carbocycles. The first-order chi connectivity index (χ1) is 13.7. The van der Waals surface area contributed by atoms with Crippen LogP contribution in [0.5, 0.6) is 5.75 Å². The van der Waals surface area contributed by atoms with Gasteiger partial charge < -0.3 is 19.5 Å². The fraction of sp³-hybridized carbons (Fsp3) is 0.480. The average molecular weight is 401 g/mol. The van der Waals surface area contributed by atoms with Crippen LogP contribution in [-0.4, -0.2) is 37.6 Å². The molecule has 0 aliphatic heterocycles. The van der Waals surface area contributed by atoms with Crippen LogP contribution in [0.3, 0.4) is 0 Å². The van der Waals surface area contributed by atoms with Gasteiger partial charge >= 0.3 is 18.9 Å². The van der Waals surface area contributed by atoms with Gasteiger partial charge in [0.15, 0.2) is 0 Å². The van der Waals surface area contributed by atoms with Crippen LogP contribution in [0.15, 0.2) is 48.5 Å². The monoisotopic (exact) mass is 401 g/mol. The Labute approximate surface area is 192 Å². The molecular weight excluding hydrogens is 369 g/mol. The van der Waals surface area contributed by atoms with Crippen molar-refractivity contribution < 1.29 is 33.5 Å². The number of aliphatic carboxylic acids is 1. The number of fused-ring (bicyclic) bond motifs is 1. The Balaban J connectivity index is 0.00000320. The number of hydrogen-bond acceptors (Lipinski definition) is 4. The third-order valence-corrected chi connectivity index (χ3v) is 5.48. The number of aryl methyl sites for hydroxylation is 1. The molecule has 0 spiro atoms. The van der Waals surface area contributed by atoms with E-state index >= 15 is 0 Å². The Morgan fingerprint density at radius 2 is 1.87 bits per heavy atom. The number of hydrogen-bond donors (Lipinski definition) is 0. The van der Waals surface area contributed by atoms with E-state index in [0.717, 1.165) is 25.1 Å². The van der Waals surface area contributed by atoms with E-state index in [-0.39, 0.29) is 36.7 Å². The molecule has 0 aromatic heterocycles. The standard InChI is InChI=1S/C25H33NO3.Li/c1-25(2,3)17-29-21-12-13-22-19(14-21)10-11-20(15-26(4)16-23(27)28)24(22)18-8-6-5-7-9-18;/h5-9,12-14,20,24H,10-11,15-17H2,1-4H3,(H,27,28);/q;+1/p-1/t20-,24+;/m1./s1. The van der Waals surface area contributed by atoms with E-state index in [4.69, 9.17) is 4.74 Å². The zero-order valence-corrected chi connectivity index (χ0v) is 19.0. The van der Waals surface area contributed by atoms with E-state index in [1.807, 2.05) is 18.0 Å². The summed E-state index contributed by atoms with van der Waals surface area (Å²) in [6, 6.07) is 17.0. The normalized spacial score (nSPS) is 18.4. The van der Waals surface area contributed by atoms with Crippen molar-refractivity contribution in [2.24, 2.45) is 11.3 Å². The van der Waals surface area contributed by atoms with Gasteiger partial charge in [0, 0.05) is 19.0 Å². The number of ether oxygens (including phenoxy) is 1. The van der Waals surface area contributed by atoms with Gasteiger partial charge in [-0.25, -0.2) is 0 Å². The minimum Gasteiger partial charge on any atom is -0.549 e. The van der Waals surface area contributed by atoms with Crippen LogP contribution >= 0.6 is 0 Å². The molecule has 5 heteroatoms. The molecule has 0 unspecified atom stereocenters. The minimum atomic E-state index is -1.03. The fourth-order valence-electron chi connectivity index (χ4n) is 4.25. The Bertz CT molecular complexity index is 832. The zero-order chi connectivity index (χ0) is 21.0. The molecule has 0 saturated carbocycles. The number of rotatable bonds is 7. The van der Waals surface area contributed by atoms with Crippen molar-refractivity contribution in [3.05, 3.63) is 65.2 Å². The van der Waals surface area contributed by atoms with Gasteiger partial charge in [0.2, 0.25) is 0 Å². The fourth-order valence-corrected chi connectivity index (χ4v) is 4.25. The largest absolute Gasteiger partial charge is 1.00 e. The molecule has 0 saturated heterocycles. The van der Waals surface area contributed by atoms with Crippen molar-refractivity contribution in [1.82, 2.24) is 4.90 Å². The number of carboxylic acids is 1. The van der Waals surface area contributed by atoms with Gasteiger partial charge in [-0.15, -0.1) is 0 Å². The van der Waals surface area contributed by atoms with Gasteiger partial charge in [-0.1, -0.05) is 57.2 Å². The van der Waals surface area contributed by atoms with E-state index < -0.39 is 5.97 Å². The first-order valence-corrected chi connectivity index (χ1v) is 10.4. The van der Waals surface area contributed by atoms with E-state index in [1.54, 1.807) is 0 Å². The van der Waals surface area contributed by atoms with Crippen LogP contribution in [0.2, 0.25) is 0 Å². The maximum absolute atomic E-state index is 11.0. The number of benzene rings is 2. The minimum absolute atomic E-state index is 0. The molecular formula is C25H32LiNO3. The Morgan fingerprint density at radius 1 is 1.17 bits per heavy atom. The number of nitrogens with zero attached hydrogens (tertiary/aromatic N) is 1. The summed E-state index contributed by atoms with van der Waals surface area (Å²) in [7, 11) is 1.86. The van der Waals surface area contributed by atoms with Gasteiger partial charge in [-0.05, 0) is 60.0 Å². The summed E-state index contributed by atoms with van der Waals surface area (Å²) >= 11 is 0. The number of carbonyl (C=O) groups excluding carboxylic acids is 1. The Morgan fingerprint density at radius 3 is 2.50 bits per heavy atom. The van der Waals surface area contributed by atoms with E-state index in [2.05, 4.69) is 63.2 Å². The molecule has 1 aliphatic carbocycles. The molecule has 0 N–H and O–H groups in total. The summed E-state index contributed by atoms with van der Waals surface area (Å²) in [5, 5.41) is 11.0. The Hall–Kier alpha value is -1.73. The van der Waals surface area contributed by atoms with Crippen LogP contribution in [0, 0.1) is 11.3 Å². The maximum atomic E-state index is 11.0. The van der Waals surface area contributed by atoms with Gasteiger partial charge in [0.25, 0.3) is 0 Å². The number of carbonyl (C=O) groups is 1. The van der Waals surface area contributed by atoms with E-state index in [0.29, 0.717) is 12.5 Å². The molecule has 0 radical (unpaired) electrons. The summed E-state index contributed by atoms with van der Waals surface area (Å²) < 4.78 is 6.03. The summed E-state index contributed by atoms with van der Waals surface area (Å²) in [5.74, 6) is 0.509. The zero-order valence-electron chi connectivity index (χ0n) is 19.0. The van der Waals surface area contributed by atoms with Gasteiger partial charge in [0.05, 0.1) is 12.6 Å². The summed E-state index contributed by atoms with van der Waals surface area (Å²) in [4.78, 5) is 12.9. The summed E-state index contributed by atoms with van der Waals surface area (Å²) in [5.41, 5.74) is 4.07. The van der Waals surface area contributed by atoms with Crippen LogP contribution in [0.4, 0.5) is 0 Å². The molecule has 0 bridgehead atoms. The smallest absolute Gasteiger partial charge is 0.549 e. The van der Waals surface area contributed by atoms with Crippen molar-refractivity contribution in [2.45, 2.75) is 39.5 Å². The maximum Gasteiger partial charge on any atom is 1.00 e. The van der Waals surface area contributed by atoms with Crippen LogP contribution in [-0.2, 0) is 11.2 Å². The van der Waals surface area contributed by atoms with Crippen molar-refractivity contribution >= 4 is 5.97 Å². The summed E-state index contributed by atoms with van der Waals surface area (Å²) in [6.07, 6.45) is 2.00. The first kappa shape index (κ1) is 24.5. The van der Waals surface area contributed by atoms with Crippen molar-refractivity contribution in [2.75, 3.05) is 26.7 Å². The van der Waals surface area contributed by atoms with Crippen LogP contribution < -0.4 is 28.7 Å². The third-order valence-electron chi connectivity index (χ3n) is 5.48. The van der Waals surface area contributed by atoms with Gasteiger partial charge in [0.1, 0.15) is 5.75 Å². The first-order valence-electron chi connectivity index (χ1n) is 10.4. The Kier molecular flexibility index (Phi) is 8.61. The molecule has 3 rings (SSSR count). The van der Waals surface area contributed by atoms with Crippen LogP contribution in [0.1, 0.15) is 49.8 Å². The molecule has 156 valence electrons. The number of carboxylic acid groups (broad SMARTS) is 1. The molecule has 2 aromatic rings. The quantitative estimate of drug-likeness (QED) is 0.634. The molecule has 0 heterocycles. The topological polar surface area (TPSA) is 52.6 Å². The van der Waals surface area contributed by atoms with Crippen molar-refractivity contribution in [3.8, 4) is 5.75 Å². The SMILES string of the molecule is CN(CC(=O)[O-])C[C@H]1CCc2cc(OCC(C)(C)C)ccc2[C@H]1c1ccccc1.[Li+]. The molecule has 30 heavy (non-hydrogen) atoms. The van der Waals surface area contributed by atoms with Crippen molar-refractivity contribution in [1.29, 1.82) is 0 Å². The predicted octanol–water partition coefficient (Wildman–Crippen LogP) is 0.492. The average Bonchev–Trinajstić information content (AvgIpc) is 2.65. The van der Waals surface area contributed by atoms with Crippen molar-refractivity contribution in [3.63, 3.8) is 0 Å². The van der Waals surface area contributed by atoms with Gasteiger partial charge in [-0.3, -0.25) is 0 Å².